The summed E-state index contributed by atoms with van der Waals surface area (Å²) >= 11 is 0. The molecule has 1 saturated carbocycles. The van der Waals surface area contributed by atoms with Crippen LogP contribution in [-0.4, -0.2) is 23.7 Å². The summed E-state index contributed by atoms with van der Waals surface area (Å²) in [5.41, 5.74) is 0.744. The monoisotopic (exact) mass is 291 g/mol. The quantitative estimate of drug-likeness (QED) is 0.876. The average molecular weight is 291 g/mol. The molecule has 0 saturated heterocycles. The lowest BCUT2D eigenvalue weighted by atomic mass is 9.85. The van der Waals surface area contributed by atoms with Crippen LogP contribution in [0.4, 0.5) is 4.39 Å². The summed E-state index contributed by atoms with van der Waals surface area (Å²) in [5.74, 6) is -0.155. The van der Waals surface area contributed by atoms with E-state index in [1.54, 1.807) is 24.3 Å². The maximum absolute atomic E-state index is 13.0. The number of halogens is 1. The van der Waals surface area contributed by atoms with Crippen molar-refractivity contribution in [2.24, 2.45) is 5.92 Å². The zero-order valence-corrected chi connectivity index (χ0v) is 12.1. The van der Waals surface area contributed by atoms with Gasteiger partial charge >= 0.3 is 0 Å². The van der Waals surface area contributed by atoms with Gasteiger partial charge in [-0.2, -0.15) is 0 Å². The highest BCUT2D eigenvalue weighted by Gasteiger charge is 2.25. The molecule has 0 spiro atoms. The molecule has 2 N–H and O–H groups in total. The maximum Gasteiger partial charge on any atom is 0.224 e. The standard InChI is InChI=1S/C17H22FNO2/c18-15-8-3-5-13(11-15)6-4-10-17(21)19-16-9-2-1-7-14(16)12-20/h3-6,8,11,14,16,20H,1-2,7,9-10,12H2,(H,19,21)/b6-4+. The van der Waals surface area contributed by atoms with Crippen molar-refractivity contribution in [1.82, 2.24) is 5.32 Å². The van der Waals surface area contributed by atoms with Crippen LogP contribution in [-0.2, 0) is 4.79 Å². The van der Waals surface area contributed by atoms with Gasteiger partial charge in [0.2, 0.25) is 5.91 Å². The third-order valence-electron chi connectivity index (χ3n) is 3.95. The first-order valence-electron chi connectivity index (χ1n) is 7.51. The summed E-state index contributed by atoms with van der Waals surface area (Å²) in [6.45, 7) is 0.129. The number of carbonyl (C=O) groups excluding carboxylic acids is 1. The van der Waals surface area contributed by atoms with E-state index in [-0.39, 0.29) is 36.7 Å². The van der Waals surface area contributed by atoms with Crippen LogP contribution < -0.4 is 5.32 Å². The van der Waals surface area contributed by atoms with Crippen LogP contribution in [0, 0.1) is 11.7 Å². The van der Waals surface area contributed by atoms with Gasteiger partial charge in [0.15, 0.2) is 0 Å². The number of aliphatic hydroxyl groups is 1. The third kappa shape index (κ3) is 4.97. The topological polar surface area (TPSA) is 49.3 Å². The molecule has 1 aromatic rings. The lowest BCUT2D eigenvalue weighted by Gasteiger charge is -2.30. The number of amides is 1. The van der Waals surface area contributed by atoms with E-state index in [4.69, 9.17) is 0 Å². The van der Waals surface area contributed by atoms with Gasteiger partial charge in [0.1, 0.15) is 5.82 Å². The largest absolute Gasteiger partial charge is 0.396 e. The van der Waals surface area contributed by atoms with Gasteiger partial charge in [-0.1, -0.05) is 37.1 Å². The summed E-state index contributed by atoms with van der Waals surface area (Å²) in [4.78, 5) is 11.9. The molecule has 0 aliphatic heterocycles. The molecule has 3 nitrogen and oxygen atoms in total. The molecule has 1 aliphatic rings. The second-order valence-electron chi connectivity index (χ2n) is 5.56. The number of benzene rings is 1. The maximum atomic E-state index is 13.0. The van der Waals surface area contributed by atoms with Crippen LogP contribution in [0.1, 0.15) is 37.7 Å². The fourth-order valence-corrected chi connectivity index (χ4v) is 2.79. The summed E-state index contributed by atoms with van der Waals surface area (Å²) in [6.07, 6.45) is 7.88. The van der Waals surface area contributed by atoms with E-state index < -0.39 is 0 Å². The van der Waals surface area contributed by atoms with E-state index in [9.17, 15) is 14.3 Å². The second-order valence-corrected chi connectivity index (χ2v) is 5.56. The van der Waals surface area contributed by atoms with Crippen LogP contribution in [0.25, 0.3) is 6.08 Å². The molecule has 1 aliphatic carbocycles. The van der Waals surface area contributed by atoms with Crippen molar-refractivity contribution >= 4 is 12.0 Å². The van der Waals surface area contributed by atoms with Gasteiger partial charge in [0.25, 0.3) is 0 Å². The lowest BCUT2D eigenvalue weighted by Crippen LogP contribution is -2.43. The van der Waals surface area contributed by atoms with Crippen LogP contribution in [0.15, 0.2) is 30.3 Å². The Hall–Kier alpha value is -1.68. The molecule has 2 atom stereocenters. The Morgan fingerprint density at radius 1 is 1.38 bits per heavy atom. The number of hydrogen-bond acceptors (Lipinski definition) is 2. The van der Waals surface area contributed by atoms with Gasteiger partial charge in [-0.05, 0) is 30.5 Å². The van der Waals surface area contributed by atoms with Gasteiger partial charge in [-0.25, -0.2) is 4.39 Å². The van der Waals surface area contributed by atoms with Crippen LogP contribution in [0.2, 0.25) is 0 Å². The number of carbonyl (C=O) groups is 1. The first kappa shape index (κ1) is 15.7. The Kier molecular flexibility index (Phi) is 5.93. The number of nitrogens with one attached hydrogen (secondary N) is 1. The highest BCUT2D eigenvalue weighted by atomic mass is 19.1. The molecule has 0 radical (unpaired) electrons. The van der Waals surface area contributed by atoms with E-state index in [2.05, 4.69) is 5.32 Å². The molecule has 21 heavy (non-hydrogen) atoms. The Bertz CT molecular complexity index is 501. The zero-order valence-electron chi connectivity index (χ0n) is 12.1. The van der Waals surface area contributed by atoms with E-state index in [0.717, 1.165) is 31.2 Å². The van der Waals surface area contributed by atoms with E-state index in [1.165, 1.54) is 12.1 Å². The Morgan fingerprint density at radius 2 is 2.19 bits per heavy atom. The van der Waals surface area contributed by atoms with Gasteiger partial charge in [-0.3, -0.25) is 4.79 Å². The van der Waals surface area contributed by atoms with Gasteiger partial charge in [0.05, 0.1) is 0 Å². The van der Waals surface area contributed by atoms with Crippen LogP contribution >= 0.6 is 0 Å². The van der Waals surface area contributed by atoms with Gasteiger partial charge < -0.3 is 10.4 Å². The fourth-order valence-electron chi connectivity index (χ4n) is 2.79. The summed E-state index contributed by atoms with van der Waals surface area (Å²) < 4.78 is 13.0. The van der Waals surface area contributed by atoms with Crippen molar-refractivity contribution in [2.45, 2.75) is 38.1 Å². The van der Waals surface area contributed by atoms with Gasteiger partial charge in [-0.15, -0.1) is 0 Å². The smallest absolute Gasteiger partial charge is 0.224 e. The second kappa shape index (κ2) is 7.93. The number of hydrogen-bond donors (Lipinski definition) is 2. The minimum absolute atomic E-state index is 0.0481. The molecular formula is C17H22FNO2. The minimum Gasteiger partial charge on any atom is -0.396 e. The van der Waals surface area contributed by atoms with Crippen molar-refractivity contribution in [1.29, 1.82) is 0 Å². The van der Waals surface area contributed by atoms with Crippen molar-refractivity contribution < 1.29 is 14.3 Å². The molecule has 1 amide bonds. The fraction of sp³-hybridized carbons (Fsp3) is 0.471. The molecule has 1 aromatic carbocycles. The molecule has 1 fully saturated rings. The SMILES string of the molecule is O=C(C/C=C/c1cccc(F)c1)NC1CCCCC1CO. The third-order valence-corrected chi connectivity index (χ3v) is 3.95. The minimum atomic E-state index is -0.283. The van der Waals surface area contributed by atoms with Gasteiger partial charge in [0, 0.05) is 25.0 Å². The average Bonchev–Trinajstić information content (AvgIpc) is 2.48. The summed E-state index contributed by atoms with van der Waals surface area (Å²) in [7, 11) is 0. The molecule has 0 aromatic heterocycles. The first-order valence-corrected chi connectivity index (χ1v) is 7.51. The van der Waals surface area contributed by atoms with Crippen LogP contribution in [0.3, 0.4) is 0 Å². The van der Waals surface area contributed by atoms with Crippen molar-refractivity contribution in [3.05, 3.63) is 41.7 Å². The lowest BCUT2D eigenvalue weighted by molar-refractivity contribution is -0.121. The van der Waals surface area contributed by atoms with Crippen LogP contribution in [0.5, 0.6) is 0 Å². The predicted octanol–water partition coefficient (Wildman–Crippen LogP) is 2.90. The first-order chi connectivity index (χ1) is 10.2. The van der Waals surface area contributed by atoms with E-state index in [0.29, 0.717) is 0 Å². The van der Waals surface area contributed by atoms with E-state index >= 15 is 0 Å². The summed E-state index contributed by atoms with van der Waals surface area (Å²) in [6, 6.07) is 6.34. The molecule has 0 bridgehead atoms. The zero-order chi connectivity index (χ0) is 15.1. The summed E-state index contributed by atoms with van der Waals surface area (Å²) in [5, 5.41) is 12.3. The Labute approximate surface area is 124 Å². The normalized spacial score (nSPS) is 22.4. The molecule has 2 rings (SSSR count). The Morgan fingerprint density at radius 3 is 2.95 bits per heavy atom. The van der Waals surface area contributed by atoms with Crippen molar-refractivity contribution in [3.8, 4) is 0 Å². The van der Waals surface area contributed by atoms with Crippen molar-refractivity contribution in [3.63, 3.8) is 0 Å². The molecule has 2 unspecified atom stereocenters. The molecule has 4 heteroatoms. The molecule has 114 valence electrons. The number of rotatable bonds is 5. The molecule has 0 heterocycles. The Balaban J connectivity index is 1.81. The highest BCUT2D eigenvalue weighted by Crippen LogP contribution is 2.24. The predicted molar refractivity (Wildman–Crippen MR) is 81.0 cm³/mol. The van der Waals surface area contributed by atoms with Crippen molar-refractivity contribution in [2.75, 3.05) is 6.61 Å². The number of aliphatic hydroxyl groups excluding tert-OH is 1. The van der Waals surface area contributed by atoms with E-state index in [1.807, 2.05) is 0 Å². The molecular weight excluding hydrogens is 269 g/mol. The highest BCUT2D eigenvalue weighted by molar-refractivity contribution is 5.78.